The van der Waals surface area contributed by atoms with Gasteiger partial charge in [-0.2, -0.15) is 17.0 Å². The van der Waals surface area contributed by atoms with Crippen molar-refractivity contribution in [3.8, 4) is 0 Å². The van der Waals surface area contributed by atoms with Gasteiger partial charge in [-0.05, 0) is 43.9 Å². The predicted molar refractivity (Wildman–Crippen MR) is 108 cm³/mol. The van der Waals surface area contributed by atoms with Crippen molar-refractivity contribution in [3.63, 3.8) is 0 Å². The van der Waals surface area contributed by atoms with Crippen LogP contribution in [0.1, 0.15) is 31.2 Å². The van der Waals surface area contributed by atoms with Gasteiger partial charge in [0.25, 0.3) is 10.2 Å². The molecular weight excluding hydrogens is 380 g/mol. The normalized spacial score (nSPS) is 19.4. The fourth-order valence-electron chi connectivity index (χ4n) is 3.70. The zero-order valence-corrected chi connectivity index (χ0v) is 17.5. The van der Waals surface area contributed by atoms with Gasteiger partial charge < -0.3 is 10.2 Å². The van der Waals surface area contributed by atoms with Crippen LogP contribution in [0.4, 0.5) is 11.4 Å². The van der Waals surface area contributed by atoms with Gasteiger partial charge in [0.1, 0.15) is 0 Å². The van der Waals surface area contributed by atoms with E-state index in [0.29, 0.717) is 44.6 Å². The largest absolute Gasteiger partial charge is 0.326 e. The number of aryl methyl sites for hydroxylation is 1. The molecule has 0 spiro atoms. The summed E-state index contributed by atoms with van der Waals surface area (Å²) in [4.78, 5) is 26.5. The standard InChI is InChI=1S/C19H28N4O4S/c1-14-6-7-16(13-17(14)23-10-4-5-18(23)24)20-19(25)15-8-11-22(12-9-15)28(26,27)21(2)3/h6-7,13,15H,4-5,8-12H2,1-3H3,(H,20,25). The minimum absolute atomic E-state index is 0.107. The van der Waals surface area contributed by atoms with Gasteiger partial charge in [0, 0.05) is 57.4 Å². The van der Waals surface area contributed by atoms with E-state index in [1.165, 1.54) is 22.7 Å². The molecule has 8 nitrogen and oxygen atoms in total. The Bertz CT molecular complexity index is 861. The molecule has 0 atom stereocenters. The summed E-state index contributed by atoms with van der Waals surface area (Å²) in [5.41, 5.74) is 2.50. The molecule has 0 aliphatic carbocycles. The van der Waals surface area contributed by atoms with Gasteiger partial charge in [0.2, 0.25) is 11.8 Å². The Morgan fingerprint density at radius 3 is 2.43 bits per heavy atom. The highest BCUT2D eigenvalue weighted by Gasteiger charge is 2.32. The molecule has 0 aromatic heterocycles. The lowest BCUT2D eigenvalue weighted by molar-refractivity contribution is -0.121. The van der Waals surface area contributed by atoms with E-state index in [-0.39, 0.29) is 17.7 Å². The van der Waals surface area contributed by atoms with Gasteiger partial charge in [-0.15, -0.1) is 0 Å². The SMILES string of the molecule is Cc1ccc(NC(=O)C2CCN(S(=O)(=O)N(C)C)CC2)cc1N1CCCC1=O. The summed E-state index contributed by atoms with van der Waals surface area (Å²) >= 11 is 0. The van der Waals surface area contributed by atoms with Crippen molar-refractivity contribution in [2.24, 2.45) is 5.92 Å². The number of piperidine rings is 1. The summed E-state index contributed by atoms with van der Waals surface area (Å²) < 4.78 is 27.0. The average molecular weight is 409 g/mol. The van der Waals surface area contributed by atoms with Crippen molar-refractivity contribution in [2.45, 2.75) is 32.6 Å². The van der Waals surface area contributed by atoms with Gasteiger partial charge in [-0.25, -0.2) is 0 Å². The fraction of sp³-hybridized carbons (Fsp3) is 0.579. The molecule has 0 radical (unpaired) electrons. The summed E-state index contributed by atoms with van der Waals surface area (Å²) in [7, 11) is -0.419. The number of nitrogens with zero attached hydrogens (tertiary/aromatic N) is 3. The van der Waals surface area contributed by atoms with Crippen LogP contribution in [-0.2, 0) is 19.8 Å². The number of hydrogen-bond donors (Lipinski definition) is 1. The van der Waals surface area contributed by atoms with Gasteiger partial charge in [0.15, 0.2) is 0 Å². The molecule has 9 heteroatoms. The number of amides is 2. The highest BCUT2D eigenvalue weighted by Crippen LogP contribution is 2.29. The highest BCUT2D eigenvalue weighted by molar-refractivity contribution is 7.86. The molecule has 154 valence electrons. The topological polar surface area (TPSA) is 90.0 Å². The van der Waals surface area contributed by atoms with Crippen molar-refractivity contribution in [1.82, 2.24) is 8.61 Å². The van der Waals surface area contributed by atoms with Crippen LogP contribution in [0.25, 0.3) is 0 Å². The van der Waals surface area contributed by atoms with Crippen LogP contribution in [0, 0.1) is 12.8 Å². The minimum atomic E-state index is -3.44. The molecule has 2 fully saturated rings. The average Bonchev–Trinajstić information content (AvgIpc) is 3.09. The molecule has 3 rings (SSSR count). The zero-order chi connectivity index (χ0) is 20.5. The smallest absolute Gasteiger partial charge is 0.281 e. The molecule has 1 aromatic rings. The van der Waals surface area contributed by atoms with E-state index < -0.39 is 10.2 Å². The van der Waals surface area contributed by atoms with Crippen molar-refractivity contribution >= 4 is 33.4 Å². The van der Waals surface area contributed by atoms with Crippen LogP contribution in [0.3, 0.4) is 0 Å². The van der Waals surface area contributed by atoms with Crippen molar-refractivity contribution < 1.29 is 18.0 Å². The maximum absolute atomic E-state index is 12.7. The monoisotopic (exact) mass is 408 g/mol. The molecule has 2 heterocycles. The molecule has 1 N–H and O–H groups in total. The van der Waals surface area contributed by atoms with E-state index in [9.17, 15) is 18.0 Å². The highest BCUT2D eigenvalue weighted by atomic mass is 32.2. The summed E-state index contributed by atoms with van der Waals surface area (Å²) in [6, 6.07) is 5.59. The summed E-state index contributed by atoms with van der Waals surface area (Å²) in [6.07, 6.45) is 2.39. The van der Waals surface area contributed by atoms with Gasteiger partial charge >= 0.3 is 0 Å². The van der Waals surface area contributed by atoms with Crippen LogP contribution in [0.2, 0.25) is 0 Å². The zero-order valence-electron chi connectivity index (χ0n) is 16.6. The van der Waals surface area contributed by atoms with Crippen LogP contribution in [0.15, 0.2) is 18.2 Å². The summed E-state index contributed by atoms with van der Waals surface area (Å²) in [5.74, 6) is -0.225. The maximum Gasteiger partial charge on any atom is 0.281 e. The first-order valence-electron chi connectivity index (χ1n) is 9.59. The van der Waals surface area contributed by atoms with E-state index in [4.69, 9.17) is 0 Å². The Balaban J connectivity index is 1.64. The van der Waals surface area contributed by atoms with Gasteiger partial charge in [-0.3, -0.25) is 9.59 Å². The molecule has 0 saturated carbocycles. The van der Waals surface area contributed by atoms with E-state index in [2.05, 4.69) is 5.32 Å². The predicted octanol–water partition coefficient (Wildman–Crippen LogP) is 1.58. The third-order valence-electron chi connectivity index (χ3n) is 5.45. The fourth-order valence-corrected chi connectivity index (χ4v) is 4.84. The number of anilines is 2. The summed E-state index contributed by atoms with van der Waals surface area (Å²) in [6.45, 7) is 3.32. The Labute approximate surface area is 166 Å². The lowest BCUT2D eigenvalue weighted by Crippen LogP contribution is -2.46. The lowest BCUT2D eigenvalue weighted by Gasteiger charge is -2.32. The number of hydrogen-bond acceptors (Lipinski definition) is 4. The van der Waals surface area contributed by atoms with Gasteiger partial charge in [0.05, 0.1) is 0 Å². The number of benzene rings is 1. The second-order valence-electron chi connectivity index (χ2n) is 7.60. The quantitative estimate of drug-likeness (QED) is 0.801. The van der Waals surface area contributed by atoms with Crippen molar-refractivity contribution in [1.29, 1.82) is 0 Å². The van der Waals surface area contributed by atoms with Crippen LogP contribution in [0.5, 0.6) is 0 Å². The molecule has 1 aromatic carbocycles. The Morgan fingerprint density at radius 2 is 1.86 bits per heavy atom. The molecule has 2 amide bonds. The van der Waals surface area contributed by atoms with Crippen LogP contribution < -0.4 is 10.2 Å². The maximum atomic E-state index is 12.7. The molecule has 0 bridgehead atoms. The number of carbonyl (C=O) groups excluding carboxylic acids is 2. The van der Waals surface area contributed by atoms with E-state index in [1.807, 2.05) is 25.1 Å². The lowest BCUT2D eigenvalue weighted by atomic mass is 9.97. The van der Waals surface area contributed by atoms with Crippen molar-refractivity contribution in [3.05, 3.63) is 23.8 Å². The first-order valence-corrected chi connectivity index (χ1v) is 11.0. The van der Waals surface area contributed by atoms with E-state index in [0.717, 1.165) is 17.7 Å². The molecule has 2 saturated heterocycles. The molecular formula is C19H28N4O4S. The molecule has 2 aliphatic heterocycles. The third kappa shape index (κ3) is 4.21. The molecule has 0 unspecified atom stereocenters. The Morgan fingerprint density at radius 1 is 1.18 bits per heavy atom. The number of rotatable bonds is 5. The Hall–Kier alpha value is -1.97. The van der Waals surface area contributed by atoms with Crippen molar-refractivity contribution in [2.75, 3.05) is 43.9 Å². The van der Waals surface area contributed by atoms with E-state index in [1.54, 1.807) is 4.90 Å². The van der Waals surface area contributed by atoms with Crippen LogP contribution >= 0.6 is 0 Å². The number of nitrogens with one attached hydrogen (secondary N) is 1. The molecule has 2 aliphatic rings. The third-order valence-corrected chi connectivity index (χ3v) is 7.39. The van der Waals surface area contributed by atoms with E-state index >= 15 is 0 Å². The first kappa shape index (κ1) is 20.8. The number of carbonyl (C=O) groups is 2. The molecule has 28 heavy (non-hydrogen) atoms. The minimum Gasteiger partial charge on any atom is -0.326 e. The second-order valence-corrected chi connectivity index (χ2v) is 9.75. The second kappa shape index (κ2) is 8.18. The van der Waals surface area contributed by atoms with Crippen LogP contribution in [-0.4, -0.2) is 62.6 Å². The van der Waals surface area contributed by atoms with Gasteiger partial charge in [-0.1, -0.05) is 6.07 Å². The first-order chi connectivity index (χ1) is 13.2. The Kier molecular flexibility index (Phi) is 6.07. The summed E-state index contributed by atoms with van der Waals surface area (Å²) in [5, 5.41) is 2.94.